The molecule has 0 spiro atoms. The molecule has 0 aromatic heterocycles. The van der Waals surface area contributed by atoms with Crippen molar-refractivity contribution in [2.75, 3.05) is 0 Å². The van der Waals surface area contributed by atoms with E-state index in [4.69, 9.17) is 5.11 Å². The fourth-order valence-corrected chi connectivity index (χ4v) is 1.36. The Hall–Kier alpha value is -1.37. The maximum absolute atomic E-state index is 13.0. The van der Waals surface area contributed by atoms with Crippen LogP contribution in [-0.2, 0) is 0 Å². The van der Waals surface area contributed by atoms with Gasteiger partial charge in [0.1, 0.15) is 0 Å². The van der Waals surface area contributed by atoms with Crippen LogP contribution in [0.4, 0.5) is 83.4 Å². The van der Waals surface area contributed by atoms with Gasteiger partial charge in [0.15, 0.2) is 0 Å². The third-order valence-corrected chi connectivity index (χ3v) is 3.12. The zero-order valence-electron chi connectivity index (χ0n) is 12.1. The molecule has 0 rings (SSSR count). The maximum Gasteiger partial charge on any atom is 0.460 e. The summed E-state index contributed by atoms with van der Waals surface area (Å²) in [5, 5.41) is 7.88. The first kappa shape index (κ1) is 27.6. The molecule has 0 amide bonds. The molecule has 29 heavy (non-hydrogen) atoms. The SMILES string of the molecule is OC(F)(C(F)(F)C(F)(F)F)C(F)(F)C(F)(F)C(F)(F)C(F)(F)C(F)(F)C(F)(F)F. The summed E-state index contributed by atoms with van der Waals surface area (Å²) in [5.74, 6) is -59.9. The molecule has 20 heteroatoms. The van der Waals surface area contributed by atoms with Crippen LogP contribution in [0.3, 0.4) is 0 Å². The van der Waals surface area contributed by atoms with Crippen molar-refractivity contribution in [1.29, 1.82) is 0 Å². The van der Waals surface area contributed by atoms with Gasteiger partial charge in [0.05, 0.1) is 0 Å². The molecule has 1 atom stereocenters. The number of alkyl halides is 19. The van der Waals surface area contributed by atoms with Gasteiger partial charge in [-0.25, -0.2) is 0 Å². The van der Waals surface area contributed by atoms with Crippen molar-refractivity contribution in [2.24, 2.45) is 0 Å². The molecule has 0 aliphatic carbocycles. The Morgan fingerprint density at radius 1 is 0.276 bits per heavy atom. The highest BCUT2D eigenvalue weighted by Gasteiger charge is 2.96. The summed E-state index contributed by atoms with van der Waals surface area (Å²) in [6.45, 7) is 0. The molecule has 0 saturated heterocycles. The molecule has 0 bridgehead atoms. The second-order valence-electron chi connectivity index (χ2n) is 5.06. The Morgan fingerprint density at radius 2 is 0.483 bits per heavy atom. The quantitative estimate of drug-likeness (QED) is 0.487. The largest absolute Gasteiger partial charge is 0.460 e. The first-order valence-corrected chi connectivity index (χ1v) is 5.81. The molecule has 1 nitrogen and oxygen atoms in total. The van der Waals surface area contributed by atoms with E-state index in [0.29, 0.717) is 0 Å². The van der Waals surface area contributed by atoms with Crippen LogP contribution in [0.5, 0.6) is 0 Å². The van der Waals surface area contributed by atoms with Crippen LogP contribution in [0.25, 0.3) is 0 Å². The lowest BCUT2D eigenvalue weighted by Gasteiger charge is -2.43. The molecule has 0 aliphatic rings. The highest BCUT2D eigenvalue weighted by Crippen LogP contribution is 2.64. The van der Waals surface area contributed by atoms with E-state index >= 15 is 0 Å². The normalized spacial score (nSPS) is 18.6. The topological polar surface area (TPSA) is 20.2 Å². The predicted octanol–water partition coefficient (Wildman–Crippen LogP) is 5.58. The highest BCUT2D eigenvalue weighted by molar-refractivity contribution is 5.15. The molecule has 176 valence electrons. The van der Waals surface area contributed by atoms with Crippen LogP contribution in [-0.4, -0.2) is 58.8 Å². The molecule has 0 heterocycles. The first-order valence-electron chi connectivity index (χ1n) is 5.81. The monoisotopic (exact) mass is 486 g/mol. The predicted molar refractivity (Wildman–Crippen MR) is 47.8 cm³/mol. The van der Waals surface area contributed by atoms with Gasteiger partial charge in [0.25, 0.3) is 0 Å². The number of hydrogen-bond acceptors (Lipinski definition) is 1. The Kier molecular flexibility index (Phi) is 6.02. The number of rotatable bonds is 6. The average Bonchev–Trinajstić information content (AvgIpc) is 2.43. The van der Waals surface area contributed by atoms with E-state index in [-0.39, 0.29) is 0 Å². The summed E-state index contributed by atoms with van der Waals surface area (Å²) in [7, 11) is 0. The number of hydrogen-bond donors (Lipinski definition) is 1. The van der Waals surface area contributed by atoms with Crippen LogP contribution in [0.15, 0.2) is 0 Å². The van der Waals surface area contributed by atoms with E-state index in [1.165, 1.54) is 0 Å². The van der Waals surface area contributed by atoms with Gasteiger partial charge in [0.2, 0.25) is 0 Å². The van der Waals surface area contributed by atoms with Gasteiger partial charge in [0, 0.05) is 0 Å². The fourth-order valence-electron chi connectivity index (χ4n) is 1.36. The summed E-state index contributed by atoms with van der Waals surface area (Å²) < 4.78 is 237. The minimum absolute atomic E-state index is 7.80. The van der Waals surface area contributed by atoms with Crippen molar-refractivity contribution in [1.82, 2.24) is 0 Å². The minimum atomic E-state index is -8.89. The number of aliphatic hydroxyl groups is 1. The lowest BCUT2D eigenvalue weighted by molar-refractivity contribution is -0.484. The Labute approximate surface area is 144 Å². The van der Waals surface area contributed by atoms with E-state index in [1.807, 2.05) is 0 Å². The van der Waals surface area contributed by atoms with Gasteiger partial charge in [-0.3, -0.25) is 0 Å². The van der Waals surface area contributed by atoms with Gasteiger partial charge < -0.3 is 5.11 Å². The fraction of sp³-hybridized carbons (Fsp3) is 1.00. The molecule has 0 aliphatic heterocycles. The molecule has 1 N–H and O–H groups in total. The molecule has 0 radical (unpaired) electrons. The lowest BCUT2D eigenvalue weighted by atomic mass is 9.88. The standard InChI is InChI=1S/C9HF19O/c10-1(11,3(14,15)5(18,19)8(23,24)25)2(12,13)4(16,17)7(22,29)6(20,21)9(26,27)28/h29H. The van der Waals surface area contributed by atoms with E-state index in [9.17, 15) is 83.4 Å². The van der Waals surface area contributed by atoms with E-state index < -0.39 is 53.7 Å². The average molecular weight is 486 g/mol. The second kappa shape index (κ2) is 6.32. The van der Waals surface area contributed by atoms with Crippen LogP contribution in [0.2, 0.25) is 0 Å². The molecule has 0 saturated carbocycles. The van der Waals surface area contributed by atoms with E-state index in [1.54, 1.807) is 0 Å². The smallest absolute Gasteiger partial charge is 0.352 e. The van der Waals surface area contributed by atoms with Gasteiger partial charge in [-0.2, -0.15) is 83.4 Å². The van der Waals surface area contributed by atoms with Crippen molar-refractivity contribution in [3.05, 3.63) is 0 Å². The van der Waals surface area contributed by atoms with Crippen molar-refractivity contribution in [3.8, 4) is 0 Å². The van der Waals surface area contributed by atoms with Crippen LogP contribution >= 0.6 is 0 Å². The Morgan fingerprint density at radius 3 is 0.724 bits per heavy atom. The first-order chi connectivity index (χ1) is 12.0. The third kappa shape index (κ3) is 3.24. The zero-order valence-corrected chi connectivity index (χ0v) is 12.1. The minimum Gasteiger partial charge on any atom is -0.352 e. The van der Waals surface area contributed by atoms with Gasteiger partial charge in [-0.15, -0.1) is 0 Å². The van der Waals surface area contributed by atoms with E-state index in [0.717, 1.165) is 0 Å². The van der Waals surface area contributed by atoms with Crippen LogP contribution < -0.4 is 0 Å². The molecule has 0 aromatic carbocycles. The van der Waals surface area contributed by atoms with Crippen molar-refractivity contribution in [3.63, 3.8) is 0 Å². The van der Waals surface area contributed by atoms with Crippen molar-refractivity contribution in [2.45, 2.75) is 53.7 Å². The summed E-state index contributed by atoms with van der Waals surface area (Å²) >= 11 is 0. The molecule has 0 aromatic rings. The molecule has 0 fully saturated rings. The maximum atomic E-state index is 13.0. The van der Waals surface area contributed by atoms with Gasteiger partial charge >= 0.3 is 53.7 Å². The van der Waals surface area contributed by atoms with Gasteiger partial charge in [-0.05, 0) is 0 Å². The highest BCUT2D eigenvalue weighted by atomic mass is 19.4. The Balaban J connectivity index is 6.82. The van der Waals surface area contributed by atoms with Gasteiger partial charge in [-0.1, -0.05) is 0 Å². The summed E-state index contributed by atoms with van der Waals surface area (Å²) in [4.78, 5) is 0. The zero-order chi connectivity index (χ0) is 24.5. The number of halogens is 19. The third-order valence-electron chi connectivity index (χ3n) is 3.12. The molecular formula is C9HF19O. The van der Waals surface area contributed by atoms with Crippen molar-refractivity contribution >= 4 is 0 Å². The summed E-state index contributed by atoms with van der Waals surface area (Å²) in [6.07, 6.45) is -15.7. The Bertz CT molecular complexity index is 554. The molecular weight excluding hydrogens is 485 g/mol. The van der Waals surface area contributed by atoms with Crippen molar-refractivity contribution < 1.29 is 88.5 Å². The van der Waals surface area contributed by atoms with Crippen LogP contribution in [0.1, 0.15) is 0 Å². The second-order valence-corrected chi connectivity index (χ2v) is 5.06. The molecule has 1 unspecified atom stereocenters. The summed E-state index contributed by atoms with van der Waals surface area (Å²) in [5.41, 5.74) is 0. The van der Waals surface area contributed by atoms with Crippen LogP contribution in [0, 0.1) is 0 Å². The summed E-state index contributed by atoms with van der Waals surface area (Å²) in [6, 6.07) is 0. The van der Waals surface area contributed by atoms with E-state index in [2.05, 4.69) is 0 Å². The lowest BCUT2D eigenvalue weighted by Crippen LogP contribution is -2.76.